The van der Waals surface area contributed by atoms with Gasteiger partial charge in [-0.2, -0.15) is 0 Å². The van der Waals surface area contributed by atoms with Crippen LogP contribution in [0.3, 0.4) is 0 Å². The molecule has 1 fully saturated rings. The van der Waals surface area contributed by atoms with Gasteiger partial charge in [0.05, 0.1) is 18.8 Å². The van der Waals surface area contributed by atoms with E-state index in [1.807, 2.05) is 36.4 Å². The van der Waals surface area contributed by atoms with E-state index < -0.39 is 0 Å². The molecule has 0 radical (unpaired) electrons. The quantitative estimate of drug-likeness (QED) is 0.593. The van der Waals surface area contributed by atoms with Crippen LogP contribution >= 0.6 is 0 Å². The van der Waals surface area contributed by atoms with Crippen LogP contribution < -0.4 is 14.8 Å². The van der Waals surface area contributed by atoms with Crippen LogP contribution in [0.15, 0.2) is 36.4 Å². The van der Waals surface area contributed by atoms with Crippen molar-refractivity contribution in [1.82, 2.24) is 5.32 Å². The number of fused-ring (bicyclic) bond motifs is 3. The van der Waals surface area contributed by atoms with E-state index in [0.29, 0.717) is 36.3 Å². The van der Waals surface area contributed by atoms with Gasteiger partial charge in [-0.1, -0.05) is 37.6 Å². The van der Waals surface area contributed by atoms with Crippen molar-refractivity contribution in [1.29, 1.82) is 0 Å². The van der Waals surface area contributed by atoms with Gasteiger partial charge in [0.2, 0.25) is 0 Å². The third-order valence-electron chi connectivity index (χ3n) is 5.44. The molecule has 142 valence electrons. The van der Waals surface area contributed by atoms with E-state index in [1.165, 1.54) is 12.8 Å². The molecular weight excluding hydrogens is 338 g/mol. The number of hydrogen-bond acceptors (Lipinski definition) is 4. The van der Waals surface area contributed by atoms with Gasteiger partial charge < -0.3 is 14.8 Å². The molecule has 0 aromatic heterocycles. The molecule has 4 rings (SSSR count). The standard InChI is InChI=1S/C23H27NO3/c1-2-3-14-26-20-11-10-18-17-8-4-5-9-19(17)22(25)21(18)23(20)27-15-12-16-7-6-13-24-16/h4-5,8-11,16,24H,2-3,6-7,12-15H2,1H3. The summed E-state index contributed by atoms with van der Waals surface area (Å²) < 4.78 is 12.2. The average molecular weight is 365 g/mol. The van der Waals surface area contributed by atoms with Crippen LogP contribution in [0.25, 0.3) is 11.1 Å². The number of carbonyl (C=O) groups is 1. The van der Waals surface area contributed by atoms with E-state index in [-0.39, 0.29) is 5.78 Å². The second-order valence-corrected chi connectivity index (χ2v) is 7.32. The van der Waals surface area contributed by atoms with Crippen LogP contribution in [0, 0.1) is 0 Å². The Morgan fingerprint density at radius 2 is 1.89 bits per heavy atom. The van der Waals surface area contributed by atoms with Crippen LogP contribution in [0.1, 0.15) is 54.9 Å². The van der Waals surface area contributed by atoms with Crippen LogP contribution in [-0.2, 0) is 0 Å². The van der Waals surface area contributed by atoms with Gasteiger partial charge in [0.15, 0.2) is 17.3 Å². The van der Waals surface area contributed by atoms with Crippen LogP contribution in [-0.4, -0.2) is 31.6 Å². The van der Waals surface area contributed by atoms with E-state index in [4.69, 9.17) is 9.47 Å². The minimum Gasteiger partial charge on any atom is -0.490 e. The van der Waals surface area contributed by atoms with Crippen molar-refractivity contribution in [2.24, 2.45) is 0 Å². The second-order valence-electron chi connectivity index (χ2n) is 7.32. The Hall–Kier alpha value is -2.33. The van der Waals surface area contributed by atoms with Crippen molar-refractivity contribution in [2.45, 2.75) is 45.1 Å². The van der Waals surface area contributed by atoms with E-state index in [1.54, 1.807) is 0 Å². The third kappa shape index (κ3) is 3.59. The fourth-order valence-corrected chi connectivity index (χ4v) is 3.95. The molecule has 27 heavy (non-hydrogen) atoms. The summed E-state index contributed by atoms with van der Waals surface area (Å²) >= 11 is 0. The Labute approximate surface area is 160 Å². The summed E-state index contributed by atoms with van der Waals surface area (Å²) in [6.07, 6.45) is 5.42. The number of nitrogens with one attached hydrogen (secondary N) is 1. The molecule has 4 heteroatoms. The summed E-state index contributed by atoms with van der Waals surface area (Å²) in [5.74, 6) is 1.33. The zero-order valence-corrected chi connectivity index (χ0v) is 15.9. The molecular formula is C23H27NO3. The summed E-state index contributed by atoms with van der Waals surface area (Å²) in [6.45, 7) is 4.45. The Balaban J connectivity index is 1.62. The highest BCUT2D eigenvalue weighted by atomic mass is 16.5. The number of ketones is 1. The zero-order chi connectivity index (χ0) is 18.6. The Morgan fingerprint density at radius 3 is 2.67 bits per heavy atom. The summed E-state index contributed by atoms with van der Waals surface area (Å²) in [6, 6.07) is 12.2. The lowest BCUT2D eigenvalue weighted by Gasteiger charge is -2.17. The molecule has 1 aliphatic carbocycles. The Kier molecular flexibility index (Phi) is 5.44. The highest BCUT2D eigenvalue weighted by molar-refractivity contribution is 6.23. The number of benzene rings is 2. The van der Waals surface area contributed by atoms with Gasteiger partial charge >= 0.3 is 0 Å². The van der Waals surface area contributed by atoms with E-state index >= 15 is 0 Å². The Morgan fingerprint density at radius 1 is 1.04 bits per heavy atom. The summed E-state index contributed by atoms with van der Waals surface area (Å²) in [4.78, 5) is 13.1. The number of rotatable bonds is 8. The van der Waals surface area contributed by atoms with Crippen molar-refractivity contribution < 1.29 is 14.3 Å². The lowest BCUT2D eigenvalue weighted by atomic mass is 10.0. The minimum atomic E-state index is 0.0375. The molecule has 0 amide bonds. The molecule has 2 aromatic rings. The van der Waals surface area contributed by atoms with Gasteiger partial charge in [-0.05, 0) is 55.5 Å². The maximum absolute atomic E-state index is 13.1. The maximum Gasteiger partial charge on any atom is 0.198 e. The molecule has 1 saturated heterocycles. The fourth-order valence-electron chi connectivity index (χ4n) is 3.95. The maximum atomic E-state index is 13.1. The topological polar surface area (TPSA) is 47.6 Å². The van der Waals surface area contributed by atoms with Crippen LogP contribution in [0.5, 0.6) is 11.5 Å². The first-order valence-corrected chi connectivity index (χ1v) is 10.1. The molecule has 0 bridgehead atoms. The predicted molar refractivity (Wildman–Crippen MR) is 107 cm³/mol. The van der Waals surface area contributed by atoms with Gasteiger partial charge in [0, 0.05) is 11.6 Å². The zero-order valence-electron chi connectivity index (χ0n) is 15.9. The molecule has 1 N–H and O–H groups in total. The van der Waals surface area contributed by atoms with Crippen molar-refractivity contribution in [3.63, 3.8) is 0 Å². The molecule has 4 nitrogen and oxygen atoms in total. The van der Waals surface area contributed by atoms with Crippen LogP contribution in [0.2, 0.25) is 0 Å². The minimum absolute atomic E-state index is 0.0375. The third-order valence-corrected chi connectivity index (χ3v) is 5.44. The summed E-state index contributed by atoms with van der Waals surface area (Å²) in [5.41, 5.74) is 3.34. The highest BCUT2D eigenvalue weighted by Gasteiger charge is 2.32. The lowest BCUT2D eigenvalue weighted by molar-refractivity contribution is 0.103. The van der Waals surface area contributed by atoms with Crippen molar-refractivity contribution >= 4 is 5.78 Å². The molecule has 2 aliphatic rings. The van der Waals surface area contributed by atoms with Crippen molar-refractivity contribution in [3.05, 3.63) is 47.5 Å². The molecule has 1 atom stereocenters. The number of unbranched alkanes of at least 4 members (excludes halogenated alkanes) is 1. The van der Waals surface area contributed by atoms with Gasteiger partial charge in [-0.3, -0.25) is 4.79 Å². The van der Waals surface area contributed by atoms with Gasteiger partial charge in [-0.25, -0.2) is 0 Å². The predicted octanol–water partition coefficient (Wildman–Crippen LogP) is 4.60. The Bertz CT molecular complexity index is 824. The van der Waals surface area contributed by atoms with Crippen molar-refractivity contribution in [3.8, 4) is 22.6 Å². The number of hydrogen-bond donors (Lipinski definition) is 1. The first-order valence-electron chi connectivity index (χ1n) is 10.1. The van der Waals surface area contributed by atoms with Crippen LogP contribution in [0.4, 0.5) is 0 Å². The number of ether oxygens (including phenoxy) is 2. The molecule has 1 heterocycles. The molecule has 0 saturated carbocycles. The van der Waals surface area contributed by atoms with Crippen molar-refractivity contribution in [2.75, 3.05) is 19.8 Å². The van der Waals surface area contributed by atoms with E-state index in [0.717, 1.165) is 42.5 Å². The molecule has 1 aliphatic heterocycles. The number of carbonyl (C=O) groups excluding carboxylic acids is 1. The monoisotopic (exact) mass is 365 g/mol. The highest BCUT2D eigenvalue weighted by Crippen LogP contribution is 2.45. The van der Waals surface area contributed by atoms with Gasteiger partial charge in [0.25, 0.3) is 0 Å². The first kappa shape index (κ1) is 18.1. The van der Waals surface area contributed by atoms with Gasteiger partial charge in [0.1, 0.15) is 0 Å². The fraction of sp³-hybridized carbons (Fsp3) is 0.435. The molecule has 1 unspecified atom stereocenters. The molecule has 2 aromatic carbocycles. The SMILES string of the molecule is CCCCOc1ccc2c(c1OCCC1CCCN1)C(=O)c1ccccc1-2. The van der Waals surface area contributed by atoms with E-state index in [2.05, 4.69) is 12.2 Å². The second kappa shape index (κ2) is 8.13. The summed E-state index contributed by atoms with van der Waals surface area (Å²) in [5, 5.41) is 3.50. The lowest BCUT2D eigenvalue weighted by Crippen LogP contribution is -2.23. The average Bonchev–Trinajstić information content (AvgIpc) is 3.31. The normalized spacial score (nSPS) is 17.7. The smallest absolute Gasteiger partial charge is 0.198 e. The van der Waals surface area contributed by atoms with E-state index in [9.17, 15) is 4.79 Å². The molecule has 0 spiro atoms. The van der Waals surface area contributed by atoms with Gasteiger partial charge in [-0.15, -0.1) is 0 Å². The summed E-state index contributed by atoms with van der Waals surface area (Å²) in [7, 11) is 0. The first-order chi connectivity index (χ1) is 13.3. The largest absolute Gasteiger partial charge is 0.490 e.